The van der Waals surface area contributed by atoms with Gasteiger partial charge in [0.25, 0.3) is 17.7 Å². The Bertz CT molecular complexity index is 1640. The van der Waals surface area contributed by atoms with E-state index in [0.29, 0.717) is 28.9 Å². The number of nitrogens with zero attached hydrogens (tertiary/aromatic N) is 3. The Morgan fingerprint density at radius 3 is 2.53 bits per heavy atom. The summed E-state index contributed by atoms with van der Waals surface area (Å²) in [5, 5.41) is 8.55. The van der Waals surface area contributed by atoms with E-state index in [1.807, 2.05) is 20.8 Å². The van der Waals surface area contributed by atoms with Gasteiger partial charge in [0.05, 0.1) is 11.1 Å². The number of Topliss-reactive ketones (excluding diaryl/α,β-unsaturated/α-hetero) is 1. The summed E-state index contributed by atoms with van der Waals surface area (Å²) in [5.41, 5.74) is 0.705. The maximum Gasteiger partial charge on any atom is 0.266 e. The molecule has 0 bridgehead atoms. The molecular weight excluding hydrogens is 621 g/mol. The average Bonchev–Trinajstić information content (AvgIpc) is 3.39. The van der Waals surface area contributed by atoms with Gasteiger partial charge < -0.3 is 15.1 Å². The van der Waals surface area contributed by atoms with Crippen molar-refractivity contribution in [2.45, 2.75) is 77.4 Å². The van der Waals surface area contributed by atoms with Gasteiger partial charge in [-0.1, -0.05) is 62.2 Å². The Morgan fingerprint density at radius 2 is 1.82 bits per heavy atom. The van der Waals surface area contributed by atoms with Crippen LogP contribution in [0.1, 0.15) is 80.3 Å². The van der Waals surface area contributed by atoms with Crippen molar-refractivity contribution in [1.82, 2.24) is 25.6 Å². The number of fused-ring (bicyclic) bond motifs is 2. The minimum atomic E-state index is -1.08. The molecule has 1 aromatic heterocycles. The van der Waals surface area contributed by atoms with Crippen LogP contribution in [0.4, 0.5) is 0 Å². The molecule has 2 aliphatic rings. The van der Waals surface area contributed by atoms with E-state index in [2.05, 4.69) is 15.6 Å². The third-order valence-electron chi connectivity index (χ3n) is 7.94. The lowest BCUT2D eigenvalue weighted by Gasteiger charge is -2.43. The monoisotopic (exact) mass is 655 g/mol. The number of halogens is 2. The van der Waals surface area contributed by atoms with E-state index in [1.54, 1.807) is 30.3 Å². The van der Waals surface area contributed by atoms with E-state index in [0.717, 1.165) is 5.01 Å². The zero-order chi connectivity index (χ0) is 32.5. The molecule has 3 heterocycles. The van der Waals surface area contributed by atoms with Gasteiger partial charge in [-0.3, -0.25) is 29.0 Å². The first kappa shape index (κ1) is 32.4. The van der Waals surface area contributed by atoms with Crippen LogP contribution >= 0.6 is 23.2 Å². The molecular formula is C32H35Cl2N5O6. The van der Waals surface area contributed by atoms with Crippen molar-refractivity contribution < 1.29 is 28.4 Å². The van der Waals surface area contributed by atoms with Gasteiger partial charge in [-0.25, -0.2) is 9.99 Å². The predicted octanol–water partition coefficient (Wildman–Crippen LogP) is 4.96. The highest BCUT2D eigenvalue weighted by molar-refractivity contribution is 6.38. The summed E-state index contributed by atoms with van der Waals surface area (Å²) in [7, 11) is 0. The Kier molecular flexibility index (Phi) is 9.50. The van der Waals surface area contributed by atoms with E-state index < -0.39 is 41.6 Å². The van der Waals surface area contributed by atoms with Crippen molar-refractivity contribution >= 4 is 63.7 Å². The molecule has 0 unspecified atom stereocenters. The third kappa shape index (κ3) is 7.31. The summed E-state index contributed by atoms with van der Waals surface area (Å²) in [6.07, 6.45) is 1.68. The number of amides is 4. The maximum atomic E-state index is 13.9. The number of rotatable bonds is 8. The fourth-order valence-electron chi connectivity index (χ4n) is 5.57. The number of aromatic nitrogens is 1. The molecule has 0 spiro atoms. The first-order valence-electron chi connectivity index (χ1n) is 14.9. The number of hydrogen-bond donors (Lipinski definition) is 2. The molecule has 0 aliphatic carbocycles. The summed E-state index contributed by atoms with van der Waals surface area (Å²) >= 11 is 12.4. The molecule has 0 saturated carbocycles. The third-order valence-corrected chi connectivity index (χ3v) is 8.44. The number of carbonyl (C=O) groups excluding carboxylic acids is 5. The van der Waals surface area contributed by atoms with Gasteiger partial charge in [0.1, 0.15) is 17.6 Å². The minimum absolute atomic E-state index is 0.0211. The summed E-state index contributed by atoms with van der Waals surface area (Å²) < 4.78 is 5.72. The second-order valence-electron chi connectivity index (χ2n) is 12.6. The normalized spacial score (nSPS) is 19.6. The molecule has 2 saturated heterocycles. The second-order valence-corrected chi connectivity index (χ2v) is 13.4. The van der Waals surface area contributed by atoms with Crippen LogP contribution in [0.2, 0.25) is 10.0 Å². The molecule has 13 heteroatoms. The second kappa shape index (κ2) is 13.2. The molecule has 238 valence electrons. The number of oxazole rings is 1. The molecule has 5 rings (SSSR count). The minimum Gasteiger partial charge on any atom is -0.432 e. The fourth-order valence-corrected chi connectivity index (χ4v) is 6.09. The van der Waals surface area contributed by atoms with E-state index in [4.69, 9.17) is 27.6 Å². The molecule has 2 aliphatic heterocycles. The Hall–Kier alpha value is -3.96. The van der Waals surface area contributed by atoms with Gasteiger partial charge in [-0.2, -0.15) is 0 Å². The van der Waals surface area contributed by atoms with Crippen LogP contribution in [0.5, 0.6) is 0 Å². The zero-order valence-corrected chi connectivity index (χ0v) is 26.8. The summed E-state index contributed by atoms with van der Waals surface area (Å²) in [4.78, 5) is 71.9. The molecule has 2 N–H and O–H groups in total. The van der Waals surface area contributed by atoms with E-state index in [1.165, 1.54) is 17.1 Å². The number of benzene rings is 2. The van der Waals surface area contributed by atoms with Crippen LogP contribution in [0, 0.1) is 5.41 Å². The summed E-state index contributed by atoms with van der Waals surface area (Å²) in [6.45, 7) is 6.30. The lowest BCUT2D eigenvalue weighted by atomic mass is 9.87. The molecule has 3 atom stereocenters. The number of hydrogen-bond acceptors (Lipinski definition) is 7. The maximum absolute atomic E-state index is 13.9. The Morgan fingerprint density at radius 1 is 1.09 bits per heavy atom. The first-order valence-corrected chi connectivity index (χ1v) is 15.7. The predicted molar refractivity (Wildman–Crippen MR) is 167 cm³/mol. The first-order chi connectivity index (χ1) is 21.3. The number of nitrogens with one attached hydrogen (secondary N) is 2. The molecule has 3 aromatic rings. The van der Waals surface area contributed by atoms with Gasteiger partial charge in [0.15, 0.2) is 5.58 Å². The average molecular weight is 657 g/mol. The summed E-state index contributed by atoms with van der Waals surface area (Å²) in [5.74, 6) is -2.73. The molecule has 45 heavy (non-hydrogen) atoms. The standard InChI is InChI=1S/C32H35Cl2N5O6/c1-32(2,3)14-13-21(26(41)30-37-23-17-19(33)16-20(34)27(23)45-30)35-29(43)24-10-7-15-38-25(40)12-11-22(31(44)39(24)38)36-28(42)18-8-5-4-6-9-18/h4-6,8-9,16-17,21-22,24H,7,10-15H2,1-3H3,(H,35,43)(H,36,42)/t21-,22-,24-/m0/s1. The zero-order valence-electron chi connectivity index (χ0n) is 25.3. The largest absolute Gasteiger partial charge is 0.432 e. The number of carbonyl (C=O) groups is 5. The van der Waals surface area contributed by atoms with Crippen LogP contribution in [0.15, 0.2) is 46.9 Å². The van der Waals surface area contributed by atoms with Crippen LogP contribution in [0.25, 0.3) is 11.1 Å². The van der Waals surface area contributed by atoms with Gasteiger partial charge >= 0.3 is 0 Å². The van der Waals surface area contributed by atoms with Crippen LogP contribution < -0.4 is 10.6 Å². The van der Waals surface area contributed by atoms with Gasteiger partial charge in [-0.15, -0.1) is 0 Å². The van der Waals surface area contributed by atoms with Crippen LogP contribution in [0.3, 0.4) is 0 Å². The van der Waals surface area contributed by atoms with Gasteiger partial charge in [-0.05, 0) is 61.8 Å². The van der Waals surface area contributed by atoms with Crippen molar-refractivity contribution in [3.8, 4) is 0 Å². The molecule has 2 aromatic carbocycles. The Labute approximate surface area is 270 Å². The van der Waals surface area contributed by atoms with Crippen molar-refractivity contribution in [2.24, 2.45) is 5.41 Å². The quantitative estimate of drug-likeness (QED) is 0.327. The summed E-state index contributed by atoms with van der Waals surface area (Å²) in [6, 6.07) is 8.31. The number of hydrazine groups is 1. The van der Waals surface area contributed by atoms with E-state index in [-0.39, 0.29) is 60.0 Å². The topological polar surface area (TPSA) is 142 Å². The van der Waals surface area contributed by atoms with E-state index >= 15 is 0 Å². The van der Waals surface area contributed by atoms with Crippen LogP contribution in [-0.4, -0.2) is 69.1 Å². The van der Waals surface area contributed by atoms with Crippen molar-refractivity contribution in [3.63, 3.8) is 0 Å². The highest BCUT2D eigenvalue weighted by Gasteiger charge is 2.45. The smallest absolute Gasteiger partial charge is 0.266 e. The number of ketones is 1. The SMILES string of the molecule is CC(C)(C)CC[C@H](NC(=O)[C@@H]1CCCN2C(=O)CC[C@H](NC(=O)c3ccccc3)C(=O)N12)C(=O)c1nc2cc(Cl)cc(Cl)c2o1. The molecule has 11 nitrogen and oxygen atoms in total. The fraction of sp³-hybridized carbons (Fsp3) is 0.438. The Balaban J connectivity index is 1.40. The van der Waals surface area contributed by atoms with Crippen molar-refractivity contribution in [2.75, 3.05) is 6.54 Å². The lowest BCUT2D eigenvalue weighted by Crippen LogP contribution is -2.64. The van der Waals surface area contributed by atoms with Crippen LogP contribution in [-0.2, 0) is 14.4 Å². The van der Waals surface area contributed by atoms with E-state index in [9.17, 15) is 24.0 Å². The van der Waals surface area contributed by atoms with Gasteiger partial charge in [0.2, 0.25) is 17.6 Å². The highest BCUT2D eigenvalue weighted by atomic mass is 35.5. The van der Waals surface area contributed by atoms with Crippen molar-refractivity contribution in [3.05, 3.63) is 64.0 Å². The molecule has 2 fully saturated rings. The molecule has 0 radical (unpaired) electrons. The van der Waals surface area contributed by atoms with Gasteiger partial charge in [0, 0.05) is 23.6 Å². The molecule has 4 amide bonds. The van der Waals surface area contributed by atoms with Crippen molar-refractivity contribution in [1.29, 1.82) is 0 Å². The lowest BCUT2D eigenvalue weighted by molar-refractivity contribution is -0.176. The highest BCUT2D eigenvalue weighted by Crippen LogP contribution is 2.30.